The van der Waals surface area contributed by atoms with Gasteiger partial charge < -0.3 is 18.9 Å². The van der Waals surface area contributed by atoms with Crippen molar-refractivity contribution < 1.29 is 32.9 Å². The number of H-pyrrole nitrogens is 1. The van der Waals surface area contributed by atoms with Crippen LogP contribution in [0.4, 0.5) is 4.39 Å². The molecule has 0 spiro atoms. The van der Waals surface area contributed by atoms with Gasteiger partial charge in [-0.2, -0.15) is 0 Å². The van der Waals surface area contributed by atoms with Crippen LogP contribution >= 0.6 is 0 Å². The molecule has 1 aliphatic heterocycles. The Morgan fingerprint density at radius 1 is 1.12 bits per heavy atom. The average molecular weight is 473 g/mol. The molecule has 1 N–H and O–H groups in total. The molecule has 0 unspecified atom stereocenters. The van der Waals surface area contributed by atoms with Gasteiger partial charge in [0, 0.05) is 32.2 Å². The van der Waals surface area contributed by atoms with E-state index in [1.807, 2.05) is 18.8 Å². The lowest BCUT2D eigenvalue weighted by molar-refractivity contribution is -0.321. The quantitative estimate of drug-likeness (QED) is 0.362. The van der Waals surface area contributed by atoms with Gasteiger partial charge in [-0.15, -0.1) is 0 Å². The van der Waals surface area contributed by atoms with Crippen molar-refractivity contribution in [3.63, 3.8) is 0 Å². The minimum absolute atomic E-state index is 0.0244. The highest BCUT2D eigenvalue weighted by atomic mass is 19.1. The Morgan fingerprint density at radius 2 is 1.73 bits per heavy atom. The minimum Gasteiger partial charge on any atom is -0.456 e. The number of rotatable bonds is 12. The summed E-state index contributed by atoms with van der Waals surface area (Å²) in [6.45, 7) is 3.64. The number of nitrogens with zero attached hydrogens (tertiary/aromatic N) is 1. The number of aromatic nitrogens is 2. The third kappa shape index (κ3) is 6.73. The zero-order chi connectivity index (χ0) is 24.4. The number of carbonyl (C=O) groups excluding carboxylic acids is 2. The second kappa shape index (κ2) is 12.6. The zero-order valence-corrected chi connectivity index (χ0v) is 19.3. The number of unbranched alkanes of at least 4 members (excludes halogenated alkanes) is 4. The van der Waals surface area contributed by atoms with Crippen molar-refractivity contribution in [3.05, 3.63) is 33.1 Å². The summed E-state index contributed by atoms with van der Waals surface area (Å²) in [5.41, 5.74) is -1.84. The first kappa shape index (κ1) is 26.7. The van der Waals surface area contributed by atoms with Crippen molar-refractivity contribution >= 4 is 11.9 Å². The predicted octanol–water partition coefficient (Wildman–Crippen LogP) is 2.15. The second-order valence-electron chi connectivity index (χ2n) is 7.96. The number of aromatic amines is 1. The summed E-state index contributed by atoms with van der Waals surface area (Å²) in [6.07, 6.45) is 0.778. The topological polar surface area (TPSA) is 126 Å². The summed E-state index contributed by atoms with van der Waals surface area (Å²) >= 11 is 0. The number of alkyl halides is 1. The monoisotopic (exact) mass is 472 g/mol. The normalized spacial score (nSPS) is 24.9. The van der Waals surface area contributed by atoms with E-state index in [9.17, 15) is 19.2 Å². The number of hydrogen-bond acceptors (Lipinski definition) is 8. The van der Waals surface area contributed by atoms with E-state index in [1.54, 1.807) is 0 Å². The van der Waals surface area contributed by atoms with E-state index in [0.29, 0.717) is 17.4 Å². The molecule has 0 bridgehead atoms. The van der Waals surface area contributed by atoms with Crippen LogP contribution in [0, 0.1) is 0 Å². The third-order valence-corrected chi connectivity index (χ3v) is 5.40. The molecule has 4 atom stereocenters. The molecule has 0 radical (unpaired) electrons. The highest BCUT2D eigenvalue weighted by molar-refractivity contribution is 5.70. The van der Waals surface area contributed by atoms with Crippen molar-refractivity contribution in [2.45, 2.75) is 89.5 Å². The molecule has 0 saturated carbocycles. The molecule has 33 heavy (non-hydrogen) atoms. The molecule has 10 nitrogen and oxygen atoms in total. The molecule has 0 amide bonds. The van der Waals surface area contributed by atoms with Crippen LogP contribution in [0.15, 0.2) is 21.9 Å². The first-order valence-electron chi connectivity index (χ1n) is 11.3. The number of ether oxygens (including phenoxy) is 4. The number of hydrogen-bond donors (Lipinski definition) is 1. The van der Waals surface area contributed by atoms with Gasteiger partial charge in [0.1, 0.15) is 0 Å². The van der Waals surface area contributed by atoms with Gasteiger partial charge in [-0.25, -0.2) is 9.18 Å². The Kier molecular flexibility index (Phi) is 10.2. The number of nitrogens with one attached hydrogen (secondary N) is 1. The van der Waals surface area contributed by atoms with Crippen molar-refractivity contribution in [2.75, 3.05) is 13.7 Å². The second-order valence-corrected chi connectivity index (χ2v) is 7.96. The molecule has 2 rings (SSSR count). The number of esters is 2. The third-order valence-electron chi connectivity index (χ3n) is 5.40. The molecule has 2 heterocycles. The summed E-state index contributed by atoms with van der Waals surface area (Å²) in [5, 5.41) is 0. The highest BCUT2D eigenvalue weighted by Gasteiger charge is 2.60. The Labute approximate surface area is 191 Å². The molecule has 1 saturated heterocycles. The van der Waals surface area contributed by atoms with Crippen LogP contribution in [0.25, 0.3) is 0 Å². The minimum atomic E-state index is -2.91. The van der Waals surface area contributed by atoms with Crippen LogP contribution in [-0.4, -0.2) is 53.7 Å². The zero-order valence-electron chi connectivity index (χ0n) is 19.3. The summed E-state index contributed by atoms with van der Waals surface area (Å²) < 4.78 is 38.6. The Balaban J connectivity index is 2.41. The lowest BCUT2D eigenvalue weighted by atomic mass is 9.98. The fourth-order valence-electron chi connectivity index (χ4n) is 3.67. The maximum absolute atomic E-state index is 16.7. The van der Waals surface area contributed by atoms with Crippen molar-refractivity contribution in [2.24, 2.45) is 0 Å². The predicted molar refractivity (Wildman–Crippen MR) is 115 cm³/mol. The van der Waals surface area contributed by atoms with Gasteiger partial charge in [-0.3, -0.25) is 23.9 Å². The van der Waals surface area contributed by atoms with Crippen LogP contribution in [-0.2, 0) is 34.3 Å². The highest BCUT2D eigenvalue weighted by Crippen LogP contribution is 2.38. The van der Waals surface area contributed by atoms with Crippen LogP contribution in [0.5, 0.6) is 0 Å². The van der Waals surface area contributed by atoms with Crippen molar-refractivity contribution in [1.29, 1.82) is 0 Å². The fraction of sp³-hybridized carbons (Fsp3) is 0.727. The Morgan fingerprint density at radius 3 is 2.27 bits per heavy atom. The van der Waals surface area contributed by atoms with Gasteiger partial charge >= 0.3 is 17.6 Å². The van der Waals surface area contributed by atoms with Crippen molar-refractivity contribution in [3.8, 4) is 0 Å². The molecular weight excluding hydrogens is 439 g/mol. The van der Waals surface area contributed by atoms with Crippen LogP contribution in [0.2, 0.25) is 0 Å². The average Bonchev–Trinajstić information content (AvgIpc) is 2.76. The maximum atomic E-state index is 16.7. The van der Waals surface area contributed by atoms with Crippen LogP contribution < -0.4 is 11.2 Å². The lowest BCUT2D eigenvalue weighted by Crippen LogP contribution is -2.66. The van der Waals surface area contributed by atoms with Gasteiger partial charge in [0.25, 0.3) is 11.4 Å². The Bertz CT molecular complexity index is 901. The molecule has 11 heteroatoms. The standard InChI is InChI=1S/C22H33FN2O8/c1-4-6-8-10-17(27)32-15-14-31-20(30-3)22(23,25-13-12-16(26)24-21(25)29)19(15)33-18(28)11-9-7-5-2/h12-13,15,19-20H,4-11,14H2,1-3H3,(H,24,26,29)/t15-,19-,20-,22+/m1/s1. The summed E-state index contributed by atoms with van der Waals surface area (Å²) in [5.74, 6) is -4.23. The molecule has 186 valence electrons. The molecule has 1 aliphatic rings. The summed E-state index contributed by atoms with van der Waals surface area (Å²) in [4.78, 5) is 50.8. The maximum Gasteiger partial charge on any atom is 0.331 e. The van der Waals surface area contributed by atoms with Gasteiger partial charge in [0.05, 0.1) is 6.61 Å². The van der Waals surface area contributed by atoms with E-state index in [-0.39, 0.29) is 19.4 Å². The van der Waals surface area contributed by atoms with Crippen LogP contribution in [0.3, 0.4) is 0 Å². The smallest absolute Gasteiger partial charge is 0.331 e. The van der Waals surface area contributed by atoms with Crippen LogP contribution in [0.1, 0.15) is 65.2 Å². The van der Waals surface area contributed by atoms with E-state index in [4.69, 9.17) is 18.9 Å². The van der Waals surface area contributed by atoms with Gasteiger partial charge in [-0.05, 0) is 12.8 Å². The van der Waals surface area contributed by atoms with E-state index in [0.717, 1.165) is 45.1 Å². The van der Waals surface area contributed by atoms with Gasteiger partial charge in [0.2, 0.25) is 6.29 Å². The number of methoxy groups -OCH3 is 1. The molecule has 1 fully saturated rings. The Hall–Kier alpha value is -2.53. The van der Waals surface area contributed by atoms with E-state index >= 15 is 4.39 Å². The first-order chi connectivity index (χ1) is 15.8. The van der Waals surface area contributed by atoms with Gasteiger partial charge in [-0.1, -0.05) is 39.5 Å². The largest absolute Gasteiger partial charge is 0.456 e. The van der Waals surface area contributed by atoms with E-state index in [2.05, 4.69) is 0 Å². The van der Waals surface area contributed by atoms with Crippen molar-refractivity contribution in [1.82, 2.24) is 9.55 Å². The molecule has 0 aliphatic carbocycles. The van der Waals surface area contributed by atoms with E-state index < -0.39 is 47.5 Å². The molecule has 0 aromatic carbocycles. The SMILES string of the molecule is CCCCCC(=O)O[C@@H]1[C@H](OC(=O)CCCCC)CO[C@@H](OC)[C@@]1(F)n1ccc(=O)[nH]c1=O. The molecule has 1 aromatic rings. The van der Waals surface area contributed by atoms with E-state index in [1.165, 1.54) is 0 Å². The summed E-state index contributed by atoms with van der Waals surface area (Å²) in [6, 6.07) is 0.940. The fourth-order valence-corrected chi connectivity index (χ4v) is 3.67. The lowest BCUT2D eigenvalue weighted by Gasteiger charge is -2.45. The molecular formula is C22H33FN2O8. The molecule has 1 aromatic heterocycles. The van der Waals surface area contributed by atoms with Gasteiger partial charge in [0.15, 0.2) is 12.2 Å². The summed E-state index contributed by atoms with van der Waals surface area (Å²) in [7, 11) is 1.16. The number of halogens is 1. The first-order valence-corrected chi connectivity index (χ1v) is 11.3. The number of carbonyl (C=O) groups is 2.